The van der Waals surface area contributed by atoms with Crippen molar-refractivity contribution in [1.82, 2.24) is 14.7 Å². The Morgan fingerprint density at radius 3 is 1.62 bits per heavy atom. The standard InChI is InChI=1S/C44H65N3O9/c1-4-46(5-2)44(48)40-16-14-39(15-17-40)43(47-20-18-45(19-21-47)37-38-10-7-6-8-11-38)41-12-9-13-42(36-41)56-35-34-55-33-32-54-31-30-53-29-28-52-27-26-51-25-24-50-23-22-49-3/h6-17,36,43H,4-5,18-35,37H2,1-3H3/t43-/m1/s1. The molecule has 0 aromatic heterocycles. The van der Waals surface area contributed by atoms with Gasteiger partial charge in [0.1, 0.15) is 12.4 Å². The van der Waals surface area contributed by atoms with E-state index >= 15 is 0 Å². The molecule has 56 heavy (non-hydrogen) atoms. The fourth-order valence-electron chi connectivity index (χ4n) is 6.47. The largest absolute Gasteiger partial charge is 0.491 e. The Morgan fingerprint density at radius 2 is 1.11 bits per heavy atom. The molecule has 1 saturated heterocycles. The van der Waals surface area contributed by atoms with Gasteiger partial charge in [-0.2, -0.15) is 0 Å². The summed E-state index contributed by atoms with van der Waals surface area (Å²) < 4.78 is 44.3. The van der Waals surface area contributed by atoms with E-state index in [0.29, 0.717) is 106 Å². The number of nitrogens with zero attached hydrogens (tertiary/aromatic N) is 3. The maximum atomic E-state index is 13.1. The molecule has 1 aliphatic heterocycles. The van der Waals surface area contributed by atoms with Gasteiger partial charge in [0.2, 0.25) is 0 Å². The van der Waals surface area contributed by atoms with Crippen molar-refractivity contribution < 1.29 is 42.7 Å². The molecule has 12 heteroatoms. The van der Waals surface area contributed by atoms with E-state index in [-0.39, 0.29) is 11.9 Å². The van der Waals surface area contributed by atoms with Gasteiger partial charge >= 0.3 is 0 Å². The van der Waals surface area contributed by atoms with Gasteiger partial charge in [-0.25, -0.2) is 0 Å². The van der Waals surface area contributed by atoms with Crippen molar-refractivity contribution in [3.8, 4) is 5.75 Å². The molecule has 0 saturated carbocycles. The minimum atomic E-state index is 0.0296. The number of carbonyl (C=O) groups is 1. The summed E-state index contributed by atoms with van der Waals surface area (Å²) in [4.78, 5) is 20.0. The molecule has 0 N–H and O–H groups in total. The van der Waals surface area contributed by atoms with Crippen molar-refractivity contribution in [3.05, 3.63) is 101 Å². The first-order valence-electron chi connectivity index (χ1n) is 20.2. The van der Waals surface area contributed by atoms with Crippen LogP contribution in [0, 0.1) is 0 Å². The van der Waals surface area contributed by atoms with E-state index in [1.807, 2.05) is 36.9 Å². The summed E-state index contributed by atoms with van der Waals surface area (Å²) >= 11 is 0. The molecule has 1 amide bonds. The van der Waals surface area contributed by atoms with Crippen LogP contribution in [0.25, 0.3) is 0 Å². The monoisotopic (exact) mass is 779 g/mol. The second kappa shape index (κ2) is 28.0. The first-order valence-corrected chi connectivity index (χ1v) is 20.2. The zero-order valence-electron chi connectivity index (χ0n) is 33.9. The van der Waals surface area contributed by atoms with Gasteiger partial charge in [0.15, 0.2) is 0 Å². The third-order valence-corrected chi connectivity index (χ3v) is 9.51. The van der Waals surface area contributed by atoms with Crippen LogP contribution in [0.4, 0.5) is 0 Å². The molecule has 0 unspecified atom stereocenters. The van der Waals surface area contributed by atoms with Gasteiger partial charge in [-0.15, -0.1) is 0 Å². The average Bonchev–Trinajstić information content (AvgIpc) is 3.23. The molecule has 1 heterocycles. The van der Waals surface area contributed by atoms with E-state index in [0.717, 1.165) is 55.2 Å². The maximum Gasteiger partial charge on any atom is 0.253 e. The molecule has 1 atom stereocenters. The Morgan fingerprint density at radius 1 is 0.589 bits per heavy atom. The van der Waals surface area contributed by atoms with Crippen LogP contribution < -0.4 is 4.74 Å². The number of methoxy groups -OCH3 is 1. The number of amides is 1. The zero-order valence-corrected chi connectivity index (χ0v) is 33.9. The lowest BCUT2D eigenvalue weighted by Crippen LogP contribution is -2.47. The number of ether oxygens (including phenoxy) is 8. The van der Waals surface area contributed by atoms with E-state index in [1.165, 1.54) is 5.56 Å². The predicted molar refractivity (Wildman–Crippen MR) is 218 cm³/mol. The first kappa shape index (κ1) is 45.3. The summed E-state index contributed by atoms with van der Waals surface area (Å²) in [5.41, 5.74) is 4.38. The first-order chi connectivity index (χ1) is 27.6. The molecule has 3 aromatic carbocycles. The van der Waals surface area contributed by atoms with Gasteiger partial charge in [-0.1, -0.05) is 54.6 Å². The highest BCUT2D eigenvalue weighted by molar-refractivity contribution is 5.94. The summed E-state index contributed by atoms with van der Waals surface area (Å²) in [5, 5.41) is 0. The molecule has 4 rings (SSSR count). The quantitative estimate of drug-likeness (QED) is 0.0836. The summed E-state index contributed by atoms with van der Waals surface area (Å²) in [6, 6.07) is 27.2. The topological polar surface area (TPSA) is 101 Å². The molecule has 0 spiro atoms. The molecule has 3 aromatic rings. The van der Waals surface area contributed by atoms with Crippen molar-refractivity contribution in [1.29, 1.82) is 0 Å². The van der Waals surface area contributed by atoms with Crippen LogP contribution in [0.1, 0.15) is 46.9 Å². The van der Waals surface area contributed by atoms with Gasteiger partial charge in [0, 0.05) is 58.5 Å². The number of benzene rings is 3. The van der Waals surface area contributed by atoms with E-state index < -0.39 is 0 Å². The number of rotatable bonds is 30. The fraction of sp³-hybridized carbons (Fsp3) is 0.568. The van der Waals surface area contributed by atoms with Gasteiger partial charge in [-0.05, 0) is 54.8 Å². The maximum absolute atomic E-state index is 13.1. The van der Waals surface area contributed by atoms with Crippen molar-refractivity contribution >= 4 is 5.91 Å². The summed E-state index contributed by atoms with van der Waals surface area (Å²) in [6.45, 7) is 17.4. The van der Waals surface area contributed by atoms with Crippen LogP contribution in [0.2, 0.25) is 0 Å². The molecule has 0 bridgehead atoms. The molecule has 12 nitrogen and oxygen atoms in total. The Kier molecular flexibility index (Phi) is 22.7. The lowest BCUT2D eigenvalue weighted by molar-refractivity contribution is -0.0199. The summed E-state index contributed by atoms with van der Waals surface area (Å²) in [6.07, 6.45) is 0. The lowest BCUT2D eigenvalue weighted by atomic mass is 9.95. The number of hydrogen-bond donors (Lipinski definition) is 0. The average molecular weight is 780 g/mol. The third kappa shape index (κ3) is 17.0. The van der Waals surface area contributed by atoms with Gasteiger partial charge < -0.3 is 42.8 Å². The van der Waals surface area contributed by atoms with Crippen molar-refractivity contribution in [2.75, 3.05) is 139 Å². The zero-order chi connectivity index (χ0) is 39.5. The molecular formula is C44H65N3O9. The molecule has 0 aliphatic carbocycles. The van der Waals surface area contributed by atoms with Crippen molar-refractivity contribution in [2.45, 2.75) is 26.4 Å². The van der Waals surface area contributed by atoms with Gasteiger partial charge in [0.05, 0.1) is 91.9 Å². The minimum Gasteiger partial charge on any atom is -0.491 e. The predicted octanol–water partition coefficient (Wildman–Crippen LogP) is 5.20. The van der Waals surface area contributed by atoms with E-state index in [4.69, 9.17) is 37.9 Å². The second-order valence-electron chi connectivity index (χ2n) is 13.4. The Balaban J connectivity index is 1.15. The normalized spacial score (nSPS) is 14.2. The Hall–Kier alpha value is -3.43. The van der Waals surface area contributed by atoms with Crippen LogP contribution in [0.3, 0.4) is 0 Å². The minimum absolute atomic E-state index is 0.0296. The molecule has 1 aliphatic rings. The van der Waals surface area contributed by atoms with E-state index in [1.54, 1.807) is 7.11 Å². The highest BCUT2D eigenvalue weighted by Crippen LogP contribution is 2.32. The van der Waals surface area contributed by atoms with E-state index in [2.05, 4.69) is 70.5 Å². The van der Waals surface area contributed by atoms with Crippen LogP contribution in [-0.2, 0) is 39.7 Å². The smallest absolute Gasteiger partial charge is 0.253 e. The second-order valence-corrected chi connectivity index (χ2v) is 13.4. The highest BCUT2D eigenvalue weighted by atomic mass is 16.6. The number of hydrogen-bond acceptors (Lipinski definition) is 11. The van der Waals surface area contributed by atoms with Crippen LogP contribution in [0.15, 0.2) is 78.9 Å². The highest BCUT2D eigenvalue weighted by Gasteiger charge is 2.27. The molecule has 1 fully saturated rings. The lowest BCUT2D eigenvalue weighted by Gasteiger charge is -2.40. The van der Waals surface area contributed by atoms with E-state index in [9.17, 15) is 4.79 Å². The summed E-state index contributed by atoms with van der Waals surface area (Å²) in [7, 11) is 1.65. The molecular weight excluding hydrogens is 714 g/mol. The van der Waals surface area contributed by atoms with Crippen molar-refractivity contribution in [2.24, 2.45) is 0 Å². The Bertz CT molecular complexity index is 1440. The fourth-order valence-corrected chi connectivity index (χ4v) is 6.47. The van der Waals surface area contributed by atoms with Gasteiger partial charge in [-0.3, -0.25) is 14.6 Å². The number of carbonyl (C=O) groups excluding carboxylic acids is 1. The van der Waals surface area contributed by atoms with Crippen LogP contribution in [-0.4, -0.2) is 159 Å². The van der Waals surface area contributed by atoms with Crippen LogP contribution in [0.5, 0.6) is 5.75 Å². The molecule has 0 radical (unpaired) electrons. The third-order valence-electron chi connectivity index (χ3n) is 9.51. The molecule has 310 valence electrons. The van der Waals surface area contributed by atoms with Gasteiger partial charge in [0.25, 0.3) is 5.91 Å². The van der Waals surface area contributed by atoms with Crippen molar-refractivity contribution in [3.63, 3.8) is 0 Å². The summed E-state index contributed by atoms with van der Waals surface area (Å²) in [5.74, 6) is 0.873. The number of piperazine rings is 1. The van der Waals surface area contributed by atoms with Crippen LogP contribution >= 0.6 is 0 Å². The SMILES string of the molecule is CCN(CC)C(=O)c1ccc([C@H](c2cccc(OCCOCCOCCOCCOCCOCCOCCOC)c2)N2CCN(Cc3ccccc3)CC2)cc1. The Labute approximate surface area is 334 Å².